The molecule has 2 bridgehead atoms. The smallest absolute Gasteiger partial charge is 0.490 e. The van der Waals surface area contributed by atoms with Crippen molar-refractivity contribution in [1.29, 1.82) is 0 Å². The molecule has 14 nitrogen and oxygen atoms in total. The van der Waals surface area contributed by atoms with E-state index in [0.29, 0.717) is 19.4 Å². The average molecular weight is 632 g/mol. The Morgan fingerprint density at radius 1 is 1.11 bits per heavy atom. The van der Waals surface area contributed by atoms with Crippen molar-refractivity contribution in [3.05, 3.63) is 35.1 Å². The van der Waals surface area contributed by atoms with Crippen molar-refractivity contribution in [3.63, 3.8) is 0 Å². The lowest BCUT2D eigenvalue weighted by molar-refractivity contribution is -0.192. The number of nitrogens with zero attached hydrogens (tertiary/aromatic N) is 1. The van der Waals surface area contributed by atoms with Gasteiger partial charge in [-0.1, -0.05) is 6.07 Å². The van der Waals surface area contributed by atoms with Crippen molar-refractivity contribution in [2.24, 2.45) is 0 Å². The SMILES string of the molecule is CN1CC[C@]23c4c5ccc(O)c4O[C@H]2C(OC(=O)CCC(=O)O[C@@H](CC(=O)O)C(=O)O)=CC[C@@]3(O)[C@H]1C5.O=C(O)C(F)(F)F. The maximum absolute atomic E-state index is 12.6. The molecular weight excluding hydrogens is 603 g/mol. The van der Waals surface area contributed by atoms with Gasteiger partial charge in [0.15, 0.2) is 17.6 Å². The molecule has 0 unspecified atom stereocenters. The Hall–Kier alpha value is -4.38. The molecule has 1 aromatic rings. The molecule has 1 saturated heterocycles. The normalized spacial score (nSPS) is 26.9. The Kier molecular flexibility index (Phi) is 8.58. The van der Waals surface area contributed by atoms with Gasteiger partial charge in [0.1, 0.15) is 5.76 Å². The van der Waals surface area contributed by atoms with Crippen LogP contribution in [-0.2, 0) is 45.3 Å². The third-order valence-corrected chi connectivity index (χ3v) is 8.27. The molecular formula is C27H28F3NO13. The van der Waals surface area contributed by atoms with Crippen LogP contribution in [0.15, 0.2) is 24.0 Å². The molecule has 5 rings (SSSR count). The molecule has 0 amide bonds. The fourth-order valence-electron chi connectivity index (χ4n) is 6.38. The number of likely N-dealkylation sites (N-methyl/N-ethyl adjacent to an activating group) is 1. The average Bonchev–Trinajstić information content (AvgIpc) is 3.28. The number of carbonyl (C=O) groups excluding carboxylic acids is 2. The van der Waals surface area contributed by atoms with Gasteiger partial charge in [-0.05, 0) is 44.1 Å². The van der Waals surface area contributed by atoms with Gasteiger partial charge in [0.05, 0.1) is 30.3 Å². The van der Waals surface area contributed by atoms with Crippen LogP contribution in [-0.4, -0.2) is 104 Å². The largest absolute Gasteiger partial charge is 0.504 e. The van der Waals surface area contributed by atoms with Gasteiger partial charge in [-0.3, -0.25) is 14.4 Å². The molecule has 2 aliphatic carbocycles. The number of alkyl halides is 3. The van der Waals surface area contributed by atoms with Crippen molar-refractivity contribution in [2.75, 3.05) is 13.6 Å². The fraction of sp³-hybridized carbons (Fsp3) is 0.519. The lowest BCUT2D eigenvalue weighted by Gasteiger charge is -2.61. The summed E-state index contributed by atoms with van der Waals surface area (Å²) in [5.41, 5.74) is -0.443. The Morgan fingerprint density at radius 3 is 2.34 bits per heavy atom. The van der Waals surface area contributed by atoms with E-state index in [1.807, 2.05) is 13.1 Å². The van der Waals surface area contributed by atoms with E-state index >= 15 is 0 Å². The number of benzene rings is 1. The summed E-state index contributed by atoms with van der Waals surface area (Å²) in [6.45, 7) is 0.662. The molecule has 0 radical (unpaired) electrons. The van der Waals surface area contributed by atoms with Crippen LogP contribution in [0.2, 0.25) is 0 Å². The minimum Gasteiger partial charge on any atom is -0.504 e. The Balaban J connectivity index is 0.000000566. The van der Waals surface area contributed by atoms with Crippen LogP contribution in [0.5, 0.6) is 11.5 Å². The maximum Gasteiger partial charge on any atom is 0.490 e. The fourth-order valence-corrected chi connectivity index (χ4v) is 6.38. The number of rotatable bonds is 8. The van der Waals surface area contributed by atoms with Gasteiger partial charge in [-0.2, -0.15) is 13.2 Å². The van der Waals surface area contributed by atoms with E-state index in [9.17, 15) is 42.6 Å². The summed E-state index contributed by atoms with van der Waals surface area (Å²) in [5.74, 6) is -7.30. The molecule has 1 fully saturated rings. The lowest BCUT2D eigenvalue weighted by atomic mass is 9.50. The number of aliphatic hydroxyl groups is 1. The Morgan fingerprint density at radius 2 is 1.75 bits per heavy atom. The van der Waals surface area contributed by atoms with Gasteiger partial charge in [0, 0.05) is 18.0 Å². The van der Waals surface area contributed by atoms with Crippen LogP contribution in [0, 0.1) is 0 Å². The van der Waals surface area contributed by atoms with E-state index in [1.54, 1.807) is 12.1 Å². The molecule has 240 valence electrons. The van der Waals surface area contributed by atoms with Gasteiger partial charge < -0.3 is 44.6 Å². The van der Waals surface area contributed by atoms with Crippen molar-refractivity contribution < 1.29 is 76.9 Å². The van der Waals surface area contributed by atoms with Crippen LogP contribution in [0.4, 0.5) is 13.2 Å². The minimum atomic E-state index is -5.08. The zero-order valence-corrected chi connectivity index (χ0v) is 23.0. The number of likely N-dealkylation sites (tertiary alicyclic amines) is 1. The zero-order chi connectivity index (χ0) is 32.8. The molecule has 5 atom stereocenters. The first-order valence-corrected chi connectivity index (χ1v) is 13.2. The number of piperidine rings is 1. The summed E-state index contributed by atoms with van der Waals surface area (Å²) in [5, 5.41) is 47.5. The summed E-state index contributed by atoms with van der Waals surface area (Å²) < 4.78 is 48.2. The number of aliphatic carboxylic acids is 3. The predicted molar refractivity (Wildman–Crippen MR) is 135 cm³/mol. The first-order valence-electron chi connectivity index (χ1n) is 13.2. The molecule has 44 heavy (non-hydrogen) atoms. The first kappa shape index (κ1) is 32.5. The highest BCUT2D eigenvalue weighted by atomic mass is 19.4. The standard InChI is InChI=1S/C25H27NO11.C2HF3O2/c1-26-9-8-24-20-12-2-3-13(27)21(20)37-22(24)14(6-7-25(24,34)16(26)10-12)35-18(30)4-5-19(31)36-15(23(32)33)11-17(28)29;3-2(4,5)1(6)7/h2-3,6,15-16,22,27,34H,4-5,7-11H2,1H3,(H,28,29)(H,32,33);(H,6,7)/t15-,16+,22-,24-,25+;/m0./s1. The third-order valence-electron chi connectivity index (χ3n) is 8.27. The zero-order valence-electron chi connectivity index (χ0n) is 23.0. The van der Waals surface area contributed by atoms with E-state index in [1.165, 1.54) is 0 Å². The van der Waals surface area contributed by atoms with Crippen LogP contribution in [0.1, 0.15) is 43.2 Å². The van der Waals surface area contributed by atoms with Gasteiger partial charge in [0.25, 0.3) is 0 Å². The van der Waals surface area contributed by atoms with Crippen LogP contribution >= 0.6 is 0 Å². The monoisotopic (exact) mass is 631 g/mol. The van der Waals surface area contributed by atoms with E-state index in [4.69, 9.17) is 29.6 Å². The number of halogens is 3. The third kappa shape index (κ3) is 5.63. The predicted octanol–water partition coefficient (Wildman–Crippen LogP) is 1.10. The lowest BCUT2D eigenvalue weighted by Crippen LogP contribution is -2.74. The number of hydrogen-bond acceptors (Lipinski definition) is 11. The second-order valence-corrected chi connectivity index (χ2v) is 10.8. The molecule has 0 aromatic heterocycles. The second-order valence-electron chi connectivity index (χ2n) is 10.8. The number of phenols is 1. The Labute approximate surface area is 246 Å². The number of carbonyl (C=O) groups is 5. The number of hydrogen-bond donors (Lipinski definition) is 5. The highest BCUT2D eigenvalue weighted by molar-refractivity contribution is 5.84. The quantitative estimate of drug-likeness (QED) is 0.254. The summed E-state index contributed by atoms with van der Waals surface area (Å²) in [6.07, 6.45) is -6.81. The molecule has 17 heteroatoms. The Bertz CT molecular complexity index is 1430. The van der Waals surface area contributed by atoms with Crippen LogP contribution in [0.3, 0.4) is 0 Å². The number of carboxylic acid groups (broad SMARTS) is 3. The van der Waals surface area contributed by atoms with Crippen molar-refractivity contribution in [2.45, 2.75) is 74.0 Å². The molecule has 1 aromatic carbocycles. The molecule has 2 aliphatic heterocycles. The number of aromatic hydroxyl groups is 1. The van der Waals surface area contributed by atoms with E-state index in [2.05, 4.69) is 9.64 Å². The van der Waals surface area contributed by atoms with Crippen molar-refractivity contribution >= 4 is 29.8 Å². The van der Waals surface area contributed by atoms with Crippen molar-refractivity contribution in [3.8, 4) is 11.5 Å². The number of ether oxygens (including phenoxy) is 3. The molecule has 0 saturated carbocycles. The van der Waals surface area contributed by atoms with Gasteiger partial charge >= 0.3 is 36.0 Å². The van der Waals surface area contributed by atoms with E-state index < -0.39 is 78.5 Å². The van der Waals surface area contributed by atoms with Crippen molar-refractivity contribution in [1.82, 2.24) is 4.90 Å². The highest BCUT2D eigenvalue weighted by Gasteiger charge is 2.72. The van der Waals surface area contributed by atoms with E-state index in [-0.39, 0.29) is 29.7 Å². The second kappa shape index (κ2) is 11.6. The topological polar surface area (TPSA) is 217 Å². The van der Waals surface area contributed by atoms with Gasteiger partial charge in [0.2, 0.25) is 6.10 Å². The van der Waals surface area contributed by atoms with Gasteiger partial charge in [-0.15, -0.1) is 0 Å². The first-order chi connectivity index (χ1) is 20.4. The summed E-state index contributed by atoms with van der Waals surface area (Å²) in [7, 11) is 1.95. The molecule has 4 aliphatic rings. The number of esters is 2. The molecule has 1 spiro atoms. The minimum absolute atomic E-state index is 0.0648. The number of carboxylic acids is 3. The summed E-state index contributed by atoms with van der Waals surface area (Å²) >= 11 is 0. The summed E-state index contributed by atoms with van der Waals surface area (Å²) in [4.78, 5) is 57.5. The van der Waals surface area contributed by atoms with Gasteiger partial charge in [-0.25, -0.2) is 9.59 Å². The number of phenolic OH excluding ortho intramolecular Hbond substituents is 1. The van der Waals surface area contributed by atoms with E-state index in [0.717, 1.165) is 11.1 Å². The maximum atomic E-state index is 12.6. The van der Waals surface area contributed by atoms with Crippen LogP contribution in [0.25, 0.3) is 0 Å². The molecule has 2 heterocycles. The molecule has 5 N–H and O–H groups in total. The van der Waals surface area contributed by atoms with Crippen LogP contribution < -0.4 is 4.74 Å². The highest BCUT2D eigenvalue weighted by Crippen LogP contribution is 2.65. The summed E-state index contributed by atoms with van der Waals surface area (Å²) in [6, 6.07) is 3.18.